The monoisotopic (exact) mass is 698 g/mol. The lowest BCUT2D eigenvalue weighted by Crippen LogP contribution is -2.41. The fourth-order valence-corrected chi connectivity index (χ4v) is 5.69. The molecule has 0 radical (unpaired) electrons. The molecule has 0 saturated heterocycles. The van der Waals surface area contributed by atoms with Gasteiger partial charge in [0.1, 0.15) is 17.1 Å². The molecule has 3 N–H and O–H groups in total. The van der Waals surface area contributed by atoms with Gasteiger partial charge in [-0.15, -0.1) is 11.8 Å². The van der Waals surface area contributed by atoms with Crippen molar-refractivity contribution < 1.29 is 56.0 Å². The third kappa shape index (κ3) is 10.2. The number of benzene rings is 2. The van der Waals surface area contributed by atoms with E-state index in [1.807, 2.05) is 6.92 Å². The number of ether oxygens (including phenoxy) is 1. The van der Waals surface area contributed by atoms with Gasteiger partial charge in [0.15, 0.2) is 11.2 Å². The molecule has 0 bridgehead atoms. The topological polar surface area (TPSA) is 134 Å². The van der Waals surface area contributed by atoms with Crippen molar-refractivity contribution in [1.29, 1.82) is 0 Å². The Hall–Kier alpha value is -4.17. The summed E-state index contributed by atoms with van der Waals surface area (Å²) < 4.78 is 77.3. The number of carboxylic acids is 1. The second-order valence-electron chi connectivity index (χ2n) is 10.9. The summed E-state index contributed by atoms with van der Waals surface area (Å²) in [6.45, 7) is 3.64. The predicted molar refractivity (Wildman–Crippen MR) is 170 cm³/mol. The molecule has 8 nitrogen and oxygen atoms in total. The molecule has 260 valence electrons. The Balaban J connectivity index is 1.66. The molecule has 0 aliphatic rings. The Morgan fingerprint density at radius 2 is 1.79 bits per heavy atom. The minimum Gasteiger partial charge on any atom is -0.507 e. The van der Waals surface area contributed by atoms with E-state index in [9.17, 15) is 46.5 Å². The number of unbranched alkanes of at least 4 members (excludes halogenated alkanes) is 2. The van der Waals surface area contributed by atoms with Crippen LogP contribution in [0.25, 0.3) is 11.0 Å². The number of hydrogen-bond acceptors (Lipinski definition) is 8. The van der Waals surface area contributed by atoms with Gasteiger partial charge in [-0.1, -0.05) is 37.6 Å². The number of hydrogen-bond donors (Lipinski definition) is 3. The third-order valence-corrected chi connectivity index (χ3v) is 8.40. The van der Waals surface area contributed by atoms with Crippen molar-refractivity contribution in [3.05, 3.63) is 87.8 Å². The highest BCUT2D eigenvalue weighted by Crippen LogP contribution is 2.41. The maximum atomic E-state index is 13.8. The predicted octanol–water partition coefficient (Wildman–Crippen LogP) is 8.12. The highest BCUT2D eigenvalue weighted by molar-refractivity contribution is 8.00. The van der Waals surface area contributed by atoms with Crippen LogP contribution in [0.3, 0.4) is 0 Å². The first-order valence-corrected chi connectivity index (χ1v) is 15.9. The Labute approximate surface area is 276 Å². The third-order valence-electron chi connectivity index (χ3n) is 7.13. The molecular weight excluding hydrogens is 663 g/mol. The molecule has 0 aliphatic carbocycles. The van der Waals surface area contributed by atoms with Gasteiger partial charge in [0.2, 0.25) is 5.76 Å². The van der Waals surface area contributed by atoms with Gasteiger partial charge >= 0.3 is 18.1 Å². The highest BCUT2D eigenvalue weighted by Gasteiger charge is 2.58. The van der Waals surface area contributed by atoms with Crippen molar-refractivity contribution in [1.82, 2.24) is 0 Å². The van der Waals surface area contributed by atoms with Crippen LogP contribution in [0.15, 0.2) is 74.8 Å². The Morgan fingerprint density at radius 3 is 2.44 bits per heavy atom. The van der Waals surface area contributed by atoms with Crippen LogP contribution in [0.2, 0.25) is 0 Å². The summed E-state index contributed by atoms with van der Waals surface area (Å²) in [4.78, 5) is 35.4. The number of halogens is 5. The number of carboxylic acid groups (broad SMARTS) is 1. The van der Waals surface area contributed by atoms with Gasteiger partial charge in [-0.05, 0) is 62.9 Å². The molecule has 2 aromatic carbocycles. The summed E-state index contributed by atoms with van der Waals surface area (Å²) in [5, 5.41) is 28.8. The molecule has 0 spiro atoms. The van der Waals surface area contributed by atoms with Gasteiger partial charge in [-0.3, -0.25) is 9.59 Å². The van der Waals surface area contributed by atoms with Crippen molar-refractivity contribution in [2.75, 3.05) is 6.61 Å². The van der Waals surface area contributed by atoms with Gasteiger partial charge in [0.05, 0.1) is 28.9 Å². The van der Waals surface area contributed by atoms with E-state index >= 15 is 0 Å². The molecular formula is C34H35F5O8S. The van der Waals surface area contributed by atoms with Crippen LogP contribution < -0.4 is 10.2 Å². The minimum atomic E-state index is -5.87. The van der Waals surface area contributed by atoms with Crippen LogP contribution in [-0.4, -0.2) is 57.1 Å². The maximum absolute atomic E-state index is 13.8. The highest BCUT2D eigenvalue weighted by atomic mass is 32.2. The van der Waals surface area contributed by atoms with Crippen LogP contribution in [0.1, 0.15) is 72.4 Å². The van der Waals surface area contributed by atoms with Crippen LogP contribution in [-0.2, 0) is 6.42 Å². The van der Waals surface area contributed by atoms with E-state index in [1.54, 1.807) is 18.2 Å². The quantitative estimate of drug-likeness (QED) is 0.0420. The molecule has 0 fully saturated rings. The van der Waals surface area contributed by atoms with Gasteiger partial charge in [-0.25, -0.2) is 4.79 Å². The SMILES string of the molecule is CCCc1c(OCCCC/C=C\C=C\C(Sc2ccc3c(=O)cc(C(=O)O)oc3c2)C(O)CC(F)(F)C(F)(F)F)ccc(C(C)=O)c1O. The van der Waals surface area contributed by atoms with Crippen molar-refractivity contribution in [2.45, 2.75) is 80.7 Å². The number of Topliss-reactive ketones (excluding diaryl/α,β-unsaturated/α-hetero) is 1. The zero-order chi connectivity index (χ0) is 35.6. The number of carbonyl (C=O) groups excluding carboxylic acids is 1. The zero-order valence-corrected chi connectivity index (χ0v) is 26.9. The summed E-state index contributed by atoms with van der Waals surface area (Å²) in [6.07, 6.45) is -0.830. The minimum absolute atomic E-state index is 0.0272. The van der Waals surface area contributed by atoms with Gasteiger partial charge < -0.3 is 24.5 Å². The lowest BCUT2D eigenvalue weighted by atomic mass is 10.0. The number of aromatic carboxylic acids is 1. The van der Waals surface area contributed by atoms with E-state index in [4.69, 9.17) is 14.3 Å². The molecule has 3 rings (SSSR count). The number of carbonyl (C=O) groups is 2. The van der Waals surface area contributed by atoms with Crippen molar-refractivity contribution >= 4 is 34.5 Å². The number of ketones is 1. The molecule has 0 saturated carbocycles. The number of fused-ring (bicyclic) bond motifs is 1. The second kappa shape index (κ2) is 16.8. The lowest BCUT2D eigenvalue weighted by Gasteiger charge is -2.26. The molecule has 48 heavy (non-hydrogen) atoms. The number of aromatic hydroxyl groups is 1. The Morgan fingerprint density at radius 1 is 1.06 bits per heavy atom. The summed E-state index contributed by atoms with van der Waals surface area (Å²) >= 11 is 0.730. The largest absolute Gasteiger partial charge is 0.507 e. The number of phenolic OH excluding ortho intramolecular Hbond substituents is 1. The molecule has 1 aromatic heterocycles. The number of alkyl halides is 5. The molecule has 14 heteroatoms. The van der Waals surface area contributed by atoms with Crippen molar-refractivity contribution in [3.63, 3.8) is 0 Å². The van der Waals surface area contributed by atoms with Crippen LogP contribution in [0, 0.1) is 0 Å². The molecule has 0 aliphatic heterocycles. The van der Waals surface area contributed by atoms with Crippen LogP contribution in [0.4, 0.5) is 22.0 Å². The first-order chi connectivity index (χ1) is 22.6. The molecule has 2 unspecified atom stereocenters. The average Bonchev–Trinajstić information content (AvgIpc) is 2.99. The number of thioether (sulfide) groups is 1. The van der Waals surface area contributed by atoms with Gasteiger partial charge in [0, 0.05) is 22.9 Å². The summed E-state index contributed by atoms with van der Waals surface area (Å²) in [7, 11) is 0. The van der Waals surface area contributed by atoms with Crippen molar-refractivity contribution in [3.8, 4) is 11.5 Å². The molecule has 2 atom stereocenters. The number of aliphatic hydroxyl groups excluding tert-OH is 1. The van der Waals surface area contributed by atoms with Gasteiger partial charge in [0.25, 0.3) is 0 Å². The van der Waals surface area contributed by atoms with E-state index in [2.05, 4.69) is 0 Å². The summed E-state index contributed by atoms with van der Waals surface area (Å²) in [5.41, 5.74) is 0.00684. The fraction of sp³-hybridized carbons (Fsp3) is 0.382. The van der Waals surface area contributed by atoms with Crippen LogP contribution >= 0.6 is 11.8 Å². The normalized spacial score (nSPS) is 13.8. The standard InChI is InChI=1S/C34H35F5O8S/c1-3-10-24-27(15-14-22(20(2)40)31(24)43)46-16-9-7-5-4-6-8-11-30(26(42)19-33(35,36)34(37,38)39)48-21-12-13-23-25(41)18-29(32(44)45)47-28(23)17-21/h4,6,8,11-15,17-18,26,30,42-43H,3,5,7,9-10,16,19H2,1-2H3,(H,44,45)/b6-4-,11-8+. The number of aliphatic hydroxyl groups is 1. The fourth-order valence-electron chi connectivity index (χ4n) is 4.64. The number of allylic oxidation sites excluding steroid dienone is 3. The van der Waals surface area contributed by atoms with Crippen molar-refractivity contribution in [2.24, 2.45) is 0 Å². The number of phenols is 1. The van der Waals surface area contributed by atoms with E-state index in [-0.39, 0.29) is 33.0 Å². The smallest absolute Gasteiger partial charge is 0.453 e. The van der Waals surface area contributed by atoms with E-state index < -0.39 is 47.0 Å². The molecule has 1 heterocycles. The van der Waals surface area contributed by atoms with Crippen LogP contribution in [0.5, 0.6) is 11.5 Å². The maximum Gasteiger partial charge on any atom is 0.453 e. The van der Waals surface area contributed by atoms with E-state index in [0.29, 0.717) is 43.6 Å². The first kappa shape index (κ1) is 38.3. The molecule has 0 amide bonds. The van der Waals surface area contributed by atoms with E-state index in [1.165, 1.54) is 43.3 Å². The Kier molecular flexibility index (Phi) is 13.4. The number of rotatable bonds is 17. The lowest BCUT2D eigenvalue weighted by molar-refractivity contribution is -0.289. The molecule has 3 aromatic rings. The summed E-state index contributed by atoms with van der Waals surface area (Å²) in [5.74, 6) is -7.15. The Bertz CT molecular complexity index is 1710. The average molecular weight is 699 g/mol. The van der Waals surface area contributed by atoms with Gasteiger partial charge in [-0.2, -0.15) is 22.0 Å². The first-order valence-electron chi connectivity index (χ1n) is 15.0. The van der Waals surface area contributed by atoms with E-state index in [0.717, 1.165) is 24.2 Å². The summed E-state index contributed by atoms with van der Waals surface area (Å²) in [6, 6.07) is 7.87. The second-order valence-corrected chi connectivity index (χ2v) is 12.1. The zero-order valence-electron chi connectivity index (χ0n) is 26.1.